The van der Waals surface area contributed by atoms with E-state index in [1.807, 2.05) is 18.2 Å². The Morgan fingerprint density at radius 3 is 2.44 bits per heavy atom. The summed E-state index contributed by atoms with van der Waals surface area (Å²) >= 11 is 0. The molecule has 2 rings (SSSR count). The molecule has 1 aliphatic rings. The minimum atomic E-state index is -0.135. The topological polar surface area (TPSA) is 44.8 Å². The van der Waals surface area contributed by atoms with Crippen molar-refractivity contribution in [1.29, 1.82) is 0 Å². The van der Waals surface area contributed by atoms with Crippen molar-refractivity contribution in [1.82, 2.24) is 0 Å². The number of carbonyl (C=O) groups excluding carboxylic acids is 1. The van der Waals surface area contributed by atoms with Crippen molar-refractivity contribution in [3.63, 3.8) is 0 Å². The second-order valence-electron chi connectivity index (χ2n) is 6.86. The van der Waals surface area contributed by atoms with Crippen LogP contribution in [0.25, 0.3) is 5.57 Å². The summed E-state index contributed by atoms with van der Waals surface area (Å²) in [6, 6.07) is 8.16. The van der Waals surface area contributed by atoms with Gasteiger partial charge < -0.3 is 14.2 Å². The third-order valence-corrected chi connectivity index (χ3v) is 4.77. The number of rotatable bonds is 11. The van der Waals surface area contributed by atoms with Gasteiger partial charge in [0.05, 0.1) is 20.1 Å². The summed E-state index contributed by atoms with van der Waals surface area (Å²) in [6.07, 6.45) is 12.0. The van der Waals surface area contributed by atoms with Crippen molar-refractivity contribution in [2.75, 3.05) is 27.4 Å². The average Bonchev–Trinajstić information content (AvgIpc) is 2.72. The maximum atomic E-state index is 11.9. The smallest absolute Gasteiger partial charge is 0.309 e. The molecule has 1 aliphatic carbocycles. The Kier molecular flexibility index (Phi) is 9.70. The molecular formula is C23H32O4. The van der Waals surface area contributed by atoms with Crippen molar-refractivity contribution in [2.24, 2.45) is 0 Å². The van der Waals surface area contributed by atoms with Crippen molar-refractivity contribution >= 4 is 11.5 Å². The van der Waals surface area contributed by atoms with Crippen molar-refractivity contribution in [2.45, 2.75) is 51.4 Å². The average molecular weight is 373 g/mol. The van der Waals surface area contributed by atoms with Gasteiger partial charge in [-0.25, -0.2) is 0 Å². The van der Waals surface area contributed by atoms with E-state index in [-0.39, 0.29) is 5.97 Å². The van der Waals surface area contributed by atoms with Gasteiger partial charge in [-0.2, -0.15) is 0 Å². The van der Waals surface area contributed by atoms with Gasteiger partial charge in [0, 0.05) is 13.7 Å². The van der Waals surface area contributed by atoms with Gasteiger partial charge in [-0.3, -0.25) is 4.79 Å². The lowest BCUT2D eigenvalue weighted by molar-refractivity contribution is -0.142. The number of esters is 1. The Hall–Kier alpha value is -2.07. The zero-order valence-electron chi connectivity index (χ0n) is 16.7. The van der Waals surface area contributed by atoms with Crippen LogP contribution in [-0.2, 0) is 14.3 Å². The van der Waals surface area contributed by atoms with Gasteiger partial charge in [-0.15, -0.1) is 0 Å². The standard InChI is InChI=1S/C23H32O4/c1-25-16-5-3-4-6-17-27-23(24)15-10-19-8-7-9-21(18-19)20-11-13-22(26-2)14-12-20/h10-14,18H,3-9,15-17H2,1-2H3/b19-10+. The highest BCUT2D eigenvalue weighted by Gasteiger charge is 2.10. The number of allylic oxidation sites excluding steroid dienone is 3. The van der Waals surface area contributed by atoms with Crippen LogP contribution in [0.3, 0.4) is 0 Å². The summed E-state index contributed by atoms with van der Waals surface area (Å²) in [5.74, 6) is 0.733. The van der Waals surface area contributed by atoms with E-state index in [2.05, 4.69) is 18.2 Å². The molecule has 0 N–H and O–H groups in total. The molecule has 0 atom stereocenters. The summed E-state index contributed by atoms with van der Waals surface area (Å²) in [6.45, 7) is 1.32. The normalized spacial score (nSPS) is 15.5. The van der Waals surface area contributed by atoms with Gasteiger partial charge in [-0.05, 0) is 61.8 Å². The van der Waals surface area contributed by atoms with Gasteiger partial charge >= 0.3 is 5.97 Å². The molecule has 1 aromatic carbocycles. The molecule has 4 nitrogen and oxygen atoms in total. The Morgan fingerprint density at radius 1 is 1.00 bits per heavy atom. The lowest BCUT2D eigenvalue weighted by Crippen LogP contribution is -2.05. The fourth-order valence-corrected chi connectivity index (χ4v) is 3.21. The van der Waals surface area contributed by atoms with Crippen LogP contribution in [0, 0.1) is 0 Å². The van der Waals surface area contributed by atoms with Crippen LogP contribution in [-0.4, -0.2) is 33.4 Å². The second kappa shape index (κ2) is 12.3. The van der Waals surface area contributed by atoms with Gasteiger partial charge in [0.15, 0.2) is 0 Å². The minimum Gasteiger partial charge on any atom is -0.497 e. The number of hydrogen-bond acceptors (Lipinski definition) is 4. The number of methoxy groups -OCH3 is 2. The van der Waals surface area contributed by atoms with Gasteiger partial charge in [0.25, 0.3) is 0 Å². The molecule has 0 radical (unpaired) electrons. The maximum Gasteiger partial charge on any atom is 0.309 e. The van der Waals surface area contributed by atoms with Crippen LogP contribution < -0.4 is 4.74 Å². The predicted octanol–water partition coefficient (Wildman–Crippen LogP) is 5.33. The second-order valence-corrected chi connectivity index (χ2v) is 6.86. The van der Waals surface area contributed by atoms with Gasteiger partial charge in [0.2, 0.25) is 0 Å². The number of unbranched alkanes of at least 4 members (excludes halogenated alkanes) is 3. The van der Waals surface area contributed by atoms with E-state index in [1.165, 1.54) is 16.7 Å². The van der Waals surface area contributed by atoms with Gasteiger partial charge in [-0.1, -0.05) is 36.3 Å². The molecule has 0 amide bonds. The molecule has 1 aromatic rings. The molecule has 0 spiro atoms. The van der Waals surface area contributed by atoms with Gasteiger partial charge in [0.1, 0.15) is 5.75 Å². The summed E-state index contributed by atoms with van der Waals surface area (Å²) in [5, 5.41) is 0. The van der Waals surface area contributed by atoms with Crippen LogP contribution >= 0.6 is 0 Å². The first-order valence-corrected chi connectivity index (χ1v) is 9.91. The fourth-order valence-electron chi connectivity index (χ4n) is 3.21. The van der Waals surface area contributed by atoms with E-state index in [0.29, 0.717) is 13.0 Å². The minimum absolute atomic E-state index is 0.135. The number of hydrogen-bond donors (Lipinski definition) is 0. The molecule has 0 heterocycles. The molecule has 27 heavy (non-hydrogen) atoms. The van der Waals surface area contributed by atoms with E-state index in [0.717, 1.165) is 57.3 Å². The van der Waals surface area contributed by atoms with Crippen LogP contribution in [0.15, 0.2) is 42.0 Å². The van der Waals surface area contributed by atoms with E-state index < -0.39 is 0 Å². The quantitative estimate of drug-likeness (QED) is 0.389. The molecule has 0 bridgehead atoms. The molecule has 0 aliphatic heterocycles. The summed E-state index contributed by atoms with van der Waals surface area (Å²) < 4.78 is 15.6. The third-order valence-electron chi connectivity index (χ3n) is 4.77. The number of ether oxygens (including phenoxy) is 3. The van der Waals surface area contributed by atoms with Crippen molar-refractivity contribution in [3.8, 4) is 5.75 Å². The zero-order valence-corrected chi connectivity index (χ0v) is 16.7. The zero-order chi connectivity index (χ0) is 19.3. The Balaban J connectivity index is 1.75. The molecule has 148 valence electrons. The summed E-state index contributed by atoms with van der Waals surface area (Å²) in [7, 11) is 3.40. The third kappa shape index (κ3) is 8.00. The Bertz CT molecular complexity index is 628. The van der Waals surface area contributed by atoms with Crippen molar-refractivity contribution in [3.05, 3.63) is 47.6 Å². The molecule has 0 saturated carbocycles. The monoisotopic (exact) mass is 372 g/mol. The number of carbonyl (C=O) groups is 1. The molecule has 0 unspecified atom stereocenters. The van der Waals surface area contributed by atoms with Crippen LogP contribution in [0.5, 0.6) is 5.75 Å². The highest BCUT2D eigenvalue weighted by atomic mass is 16.5. The number of benzene rings is 1. The van der Waals surface area contributed by atoms with E-state index in [9.17, 15) is 4.79 Å². The highest BCUT2D eigenvalue weighted by Crippen LogP contribution is 2.30. The molecule has 0 fully saturated rings. The first-order valence-electron chi connectivity index (χ1n) is 9.91. The first kappa shape index (κ1) is 21.2. The van der Waals surface area contributed by atoms with Crippen molar-refractivity contribution < 1.29 is 19.0 Å². The Labute approximate surface area is 163 Å². The highest BCUT2D eigenvalue weighted by molar-refractivity contribution is 5.73. The van der Waals surface area contributed by atoms with Crippen LogP contribution in [0.1, 0.15) is 56.9 Å². The fraction of sp³-hybridized carbons (Fsp3) is 0.522. The molecule has 4 heteroatoms. The summed E-state index contributed by atoms with van der Waals surface area (Å²) in [4.78, 5) is 11.9. The molecular weight excluding hydrogens is 340 g/mol. The SMILES string of the molecule is COCCCCCCOC(=O)C/C=C1/C=C(c2ccc(OC)cc2)CCC1. The van der Waals surface area contributed by atoms with E-state index in [4.69, 9.17) is 14.2 Å². The lowest BCUT2D eigenvalue weighted by atomic mass is 9.90. The van der Waals surface area contributed by atoms with Crippen LogP contribution in [0.4, 0.5) is 0 Å². The Morgan fingerprint density at radius 2 is 1.74 bits per heavy atom. The molecule has 0 saturated heterocycles. The molecule has 0 aromatic heterocycles. The maximum absolute atomic E-state index is 11.9. The van der Waals surface area contributed by atoms with E-state index >= 15 is 0 Å². The van der Waals surface area contributed by atoms with Crippen LogP contribution in [0.2, 0.25) is 0 Å². The first-order chi connectivity index (χ1) is 13.2. The predicted molar refractivity (Wildman–Crippen MR) is 109 cm³/mol. The van der Waals surface area contributed by atoms with E-state index in [1.54, 1.807) is 14.2 Å². The largest absolute Gasteiger partial charge is 0.497 e. The lowest BCUT2D eigenvalue weighted by Gasteiger charge is -2.16. The summed E-state index contributed by atoms with van der Waals surface area (Å²) in [5.41, 5.74) is 3.76.